The van der Waals surface area contributed by atoms with E-state index in [-0.39, 0.29) is 22.9 Å². The fourth-order valence-corrected chi connectivity index (χ4v) is 5.75. The number of ether oxygens (including phenoxy) is 3. The highest BCUT2D eigenvalue weighted by Crippen LogP contribution is 2.39. The third-order valence-corrected chi connectivity index (χ3v) is 8.01. The molecule has 3 aromatic carbocycles. The molecular formula is C29H23ClF3IN2O6S. The lowest BCUT2D eigenvalue weighted by molar-refractivity contribution is -0.137. The predicted octanol–water partition coefficient (Wildman–Crippen LogP) is 7.62. The van der Waals surface area contributed by atoms with Crippen molar-refractivity contribution >= 4 is 74.8 Å². The smallest absolute Gasteiger partial charge is 0.416 e. The van der Waals surface area contributed by atoms with Crippen LogP contribution >= 0.6 is 46.0 Å². The Morgan fingerprint density at radius 1 is 1.09 bits per heavy atom. The number of hydrogen-bond acceptors (Lipinski definition) is 7. The Bertz CT molecular complexity index is 1600. The van der Waals surface area contributed by atoms with E-state index in [1.807, 2.05) is 25.1 Å². The van der Waals surface area contributed by atoms with Gasteiger partial charge in [-0.3, -0.25) is 19.3 Å². The van der Waals surface area contributed by atoms with Crippen LogP contribution in [0.5, 0.6) is 17.2 Å². The van der Waals surface area contributed by atoms with Gasteiger partial charge in [0.05, 0.1) is 33.4 Å². The van der Waals surface area contributed by atoms with E-state index in [1.165, 1.54) is 13.2 Å². The number of amides is 3. The maximum atomic E-state index is 13.2. The normalized spacial score (nSPS) is 14.3. The first kappa shape index (κ1) is 32.5. The lowest BCUT2D eigenvalue weighted by atomic mass is 10.1. The molecule has 226 valence electrons. The van der Waals surface area contributed by atoms with E-state index in [0.717, 1.165) is 17.7 Å². The number of benzene rings is 3. The molecule has 4 rings (SSSR count). The first-order valence-electron chi connectivity index (χ1n) is 12.5. The summed E-state index contributed by atoms with van der Waals surface area (Å²) in [5.74, 6) is -0.729. The fourth-order valence-electron chi connectivity index (χ4n) is 3.94. The lowest BCUT2D eigenvalue weighted by Crippen LogP contribution is -2.36. The van der Waals surface area contributed by atoms with E-state index >= 15 is 0 Å². The van der Waals surface area contributed by atoms with E-state index in [4.69, 9.17) is 25.8 Å². The van der Waals surface area contributed by atoms with Crippen molar-refractivity contribution in [1.29, 1.82) is 0 Å². The van der Waals surface area contributed by atoms with Crippen molar-refractivity contribution in [3.8, 4) is 17.2 Å². The number of methoxy groups -OCH3 is 1. The minimum Gasteiger partial charge on any atom is -0.495 e. The highest BCUT2D eigenvalue weighted by atomic mass is 127. The van der Waals surface area contributed by atoms with Crippen LogP contribution in [0.25, 0.3) is 6.08 Å². The SMILES string of the molecule is CCOc1cc(/C=C2\SC(=O)N(CC(=O)Nc3cc(C(F)(F)F)ccc3OC)C2=O)cc(I)c1OCc1ccccc1Cl. The molecule has 3 aromatic rings. The molecule has 0 bridgehead atoms. The van der Waals surface area contributed by atoms with E-state index in [1.54, 1.807) is 18.2 Å². The zero-order valence-electron chi connectivity index (χ0n) is 22.6. The molecule has 0 spiro atoms. The highest BCUT2D eigenvalue weighted by Gasteiger charge is 2.37. The van der Waals surface area contributed by atoms with Gasteiger partial charge in [0.15, 0.2) is 11.5 Å². The van der Waals surface area contributed by atoms with Crippen LogP contribution in [-0.2, 0) is 22.4 Å². The molecule has 0 saturated carbocycles. The molecule has 0 aliphatic carbocycles. The Kier molecular flexibility index (Phi) is 10.5. The number of halogens is 5. The molecule has 0 aromatic heterocycles. The fraction of sp³-hybridized carbons (Fsp3) is 0.207. The van der Waals surface area contributed by atoms with E-state index in [9.17, 15) is 27.6 Å². The molecule has 1 N–H and O–H groups in total. The van der Waals surface area contributed by atoms with Crippen molar-refractivity contribution in [1.82, 2.24) is 4.90 Å². The van der Waals surface area contributed by atoms with Gasteiger partial charge >= 0.3 is 6.18 Å². The predicted molar refractivity (Wildman–Crippen MR) is 165 cm³/mol. The average Bonchev–Trinajstić information content (AvgIpc) is 3.20. The Labute approximate surface area is 267 Å². The third-order valence-electron chi connectivity index (χ3n) is 5.94. The molecule has 1 saturated heterocycles. The average molecular weight is 747 g/mol. The van der Waals surface area contributed by atoms with Gasteiger partial charge in [0.1, 0.15) is 18.9 Å². The molecule has 1 fully saturated rings. The maximum Gasteiger partial charge on any atom is 0.416 e. The van der Waals surface area contributed by atoms with Gasteiger partial charge in [-0.05, 0) is 89.3 Å². The third kappa shape index (κ3) is 7.95. The lowest BCUT2D eigenvalue weighted by Gasteiger charge is -2.16. The molecule has 0 unspecified atom stereocenters. The minimum absolute atomic E-state index is 0.0191. The van der Waals surface area contributed by atoms with Crippen LogP contribution in [0, 0.1) is 3.57 Å². The van der Waals surface area contributed by atoms with Crippen LogP contribution in [0.1, 0.15) is 23.6 Å². The summed E-state index contributed by atoms with van der Waals surface area (Å²) in [5.41, 5.74) is 0.0797. The van der Waals surface area contributed by atoms with Gasteiger partial charge in [0.2, 0.25) is 5.91 Å². The topological polar surface area (TPSA) is 94.2 Å². The zero-order valence-corrected chi connectivity index (χ0v) is 26.3. The van der Waals surface area contributed by atoms with Crippen LogP contribution < -0.4 is 19.5 Å². The first-order chi connectivity index (χ1) is 20.4. The van der Waals surface area contributed by atoms with Gasteiger partial charge in [-0.1, -0.05) is 29.8 Å². The largest absolute Gasteiger partial charge is 0.495 e. The summed E-state index contributed by atoms with van der Waals surface area (Å²) in [6.45, 7) is 1.63. The molecule has 43 heavy (non-hydrogen) atoms. The van der Waals surface area contributed by atoms with Crippen LogP contribution in [0.4, 0.5) is 23.7 Å². The molecule has 1 aliphatic heterocycles. The number of rotatable bonds is 10. The van der Waals surface area contributed by atoms with Gasteiger partial charge in [-0.2, -0.15) is 13.2 Å². The van der Waals surface area contributed by atoms with Crippen LogP contribution in [-0.4, -0.2) is 42.2 Å². The molecule has 0 radical (unpaired) electrons. The molecular weight excluding hydrogens is 724 g/mol. The number of carbonyl (C=O) groups is 3. The van der Waals surface area contributed by atoms with Gasteiger partial charge in [-0.25, -0.2) is 0 Å². The summed E-state index contributed by atoms with van der Waals surface area (Å²) < 4.78 is 56.9. The van der Waals surface area contributed by atoms with Gasteiger partial charge in [0, 0.05) is 10.6 Å². The number of carbonyl (C=O) groups excluding carboxylic acids is 3. The summed E-state index contributed by atoms with van der Waals surface area (Å²) >= 11 is 8.94. The van der Waals surface area contributed by atoms with Crippen molar-refractivity contribution in [3.63, 3.8) is 0 Å². The molecule has 8 nitrogen and oxygen atoms in total. The second-order valence-corrected chi connectivity index (χ2v) is 11.4. The number of nitrogens with zero attached hydrogens (tertiary/aromatic N) is 1. The maximum absolute atomic E-state index is 13.2. The molecule has 0 atom stereocenters. The Hall–Kier alpha value is -3.43. The zero-order chi connectivity index (χ0) is 31.3. The second kappa shape index (κ2) is 13.9. The number of alkyl halides is 3. The summed E-state index contributed by atoms with van der Waals surface area (Å²) in [7, 11) is 1.23. The Balaban J connectivity index is 1.50. The summed E-state index contributed by atoms with van der Waals surface area (Å²) in [4.78, 5) is 39.1. The number of hydrogen-bond donors (Lipinski definition) is 1. The molecule has 1 aliphatic rings. The second-order valence-electron chi connectivity index (χ2n) is 8.87. The standard InChI is InChI=1S/C29H23ClF3IN2O6S/c1-3-41-23-11-16(10-20(34)26(23)42-15-17-6-4-5-7-19(17)30)12-24-27(38)36(28(39)43-24)14-25(37)35-21-13-18(29(31,32)33)8-9-22(21)40-2/h4-13H,3,14-15H2,1-2H3,(H,35,37)/b24-12-. The summed E-state index contributed by atoms with van der Waals surface area (Å²) in [5, 5.41) is 2.14. The van der Waals surface area contributed by atoms with E-state index in [2.05, 4.69) is 27.9 Å². The number of nitrogens with one attached hydrogen (secondary N) is 1. The summed E-state index contributed by atoms with van der Waals surface area (Å²) in [6, 6.07) is 13.3. The Morgan fingerprint density at radius 3 is 2.51 bits per heavy atom. The number of thioether (sulfide) groups is 1. The molecule has 14 heteroatoms. The van der Waals surface area contributed by atoms with Gasteiger partial charge in [-0.15, -0.1) is 0 Å². The van der Waals surface area contributed by atoms with Crippen molar-refractivity contribution in [2.75, 3.05) is 25.6 Å². The van der Waals surface area contributed by atoms with Crippen LogP contribution in [0.2, 0.25) is 5.02 Å². The highest BCUT2D eigenvalue weighted by molar-refractivity contribution is 14.1. The van der Waals surface area contributed by atoms with Crippen LogP contribution in [0.15, 0.2) is 59.5 Å². The molecule has 1 heterocycles. The van der Waals surface area contributed by atoms with Crippen molar-refractivity contribution in [2.24, 2.45) is 0 Å². The van der Waals surface area contributed by atoms with Crippen molar-refractivity contribution in [3.05, 3.63) is 84.8 Å². The monoisotopic (exact) mass is 746 g/mol. The molecule has 3 amide bonds. The van der Waals surface area contributed by atoms with Gasteiger partial charge in [0.25, 0.3) is 11.1 Å². The minimum atomic E-state index is -4.65. The quantitative estimate of drug-likeness (QED) is 0.169. The van der Waals surface area contributed by atoms with E-state index < -0.39 is 35.3 Å². The van der Waals surface area contributed by atoms with Crippen molar-refractivity contribution < 1.29 is 41.8 Å². The number of imide groups is 1. The van der Waals surface area contributed by atoms with Crippen molar-refractivity contribution in [2.45, 2.75) is 19.7 Å². The first-order valence-corrected chi connectivity index (χ1v) is 14.8. The van der Waals surface area contributed by atoms with Gasteiger partial charge < -0.3 is 19.5 Å². The van der Waals surface area contributed by atoms with E-state index in [0.29, 0.717) is 55.0 Å². The summed E-state index contributed by atoms with van der Waals surface area (Å²) in [6.07, 6.45) is -3.16. The Morgan fingerprint density at radius 2 is 1.84 bits per heavy atom. The van der Waals surface area contributed by atoms with Crippen LogP contribution in [0.3, 0.4) is 0 Å². The number of anilines is 1.